The number of esters is 1. The van der Waals surface area contributed by atoms with E-state index in [1.807, 2.05) is 79.7 Å². The number of benzene rings is 3. The normalized spacial score (nSPS) is 19.6. The molecule has 0 aromatic heterocycles. The quantitative estimate of drug-likeness (QED) is 0.158. The van der Waals surface area contributed by atoms with Crippen molar-refractivity contribution in [3.8, 4) is 17.2 Å². The second-order valence-corrected chi connectivity index (χ2v) is 12.3. The van der Waals surface area contributed by atoms with Crippen LogP contribution in [0.4, 0.5) is 0 Å². The topological polar surface area (TPSA) is 83.4 Å². The molecule has 0 radical (unpaired) electrons. The molecule has 5 rings (SSSR count). The van der Waals surface area contributed by atoms with Crippen LogP contribution in [0.1, 0.15) is 55.2 Å². The molecule has 230 valence electrons. The minimum atomic E-state index is -0.733. The maximum absolute atomic E-state index is 14.2. The lowest BCUT2D eigenvalue weighted by Gasteiger charge is -2.37. The van der Waals surface area contributed by atoms with E-state index in [0.29, 0.717) is 66.0 Å². The first kappa shape index (κ1) is 31.4. The molecule has 0 saturated heterocycles. The summed E-state index contributed by atoms with van der Waals surface area (Å²) in [5.74, 6) is 1.77. The van der Waals surface area contributed by atoms with Crippen molar-refractivity contribution < 1.29 is 28.5 Å². The highest BCUT2D eigenvalue weighted by atomic mass is 32.2. The van der Waals surface area contributed by atoms with Gasteiger partial charge >= 0.3 is 5.97 Å². The molecule has 44 heavy (non-hydrogen) atoms. The third-order valence-corrected chi connectivity index (χ3v) is 9.05. The first-order chi connectivity index (χ1) is 21.4. The molecule has 3 aromatic rings. The summed E-state index contributed by atoms with van der Waals surface area (Å²) in [4.78, 5) is 32.8. The number of thioether (sulfide) groups is 1. The lowest BCUT2D eigenvalue weighted by atomic mass is 9.69. The molecule has 0 spiro atoms. The number of para-hydroxylation sites is 1. The van der Waals surface area contributed by atoms with Gasteiger partial charge in [0.2, 0.25) is 0 Å². The summed E-state index contributed by atoms with van der Waals surface area (Å²) >= 11 is 1.72. The van der Waals surface area contributed by atoms with E-state index in [2.05, 4.69) is 6.92 Å². The van der Waals surface area contributed by atoms with Gasteiger partial charge < -0.3 is 18.9 Å². The fraction of sp³-hybridized carbons (Fsp3) is 0.361. The number of carbonyl (C=O) groups is 2. The lowest BCUT2D eigenvalue weighted by Crippen LogP contribution is -2.38. The highest BCUT2D eigenvalue weighted by Crippen LogP contribution is 2.49. The highest BCUT2D eigenvalue weighted by Gasteiger charge is 2.45. The van der Waals surface area contributed by atoms with E-state index in [1.54, 1.807) is 26.0 Å². The molecule has 0 bridgehead atoms. The number of hydrogen-bond donors (Lipinski definition) is 0. The number of ether oxygens (including phenoxy) is 4. The third-order valence-electron chi connectivity index (χ3n) is 8.19. The van der Waals surface area contributed by atoms with Crippen LogP contribution in [0.3, 0.4) is 0 Å². The Morgan fingerprint density at radius 2 is 1.68 bits per heavy atom. The number of carbonyl (C=O) groups excluding carboxylic acids is 2. The molecule has 0 fully saturated rings. The van der Waals surface area contributed by atoms with Crippen molar-refractivity contribution in [1.29, 1.82) is 0 Å². The average molecular weight is 614 g/mol. The van der Waals surface area contributed by atoms with Crippen molar-refractivity contribution in [2.24, 2.45) is 10.9 Å². The fourth-order valence-electron chi connectivity index (χ4n) is 6.08. The average Bonchev–Trinajstić information content (AvgIpc) is 3.05. The van der Waals surface area contributed by atoms with Gasteiger partial charge in [0.15, 0.2) is 17.3 Å². The van der Waals surface area contributed by atoms with E-state index in [0.717, 1.165) is 22.4 Å². The minimum Gasteiger partial charge on any atom is -0.493 e. The van der Waals surface area contributed by atoms with Gasteiger partial charge in [0.05, 0.1) is 14.2 Å². The van der Waals surface area contributed by atoms with Gasteiger partial charge in [0.1, 0.15) is 24.9 Å². The Kier molecular flexibility index (Phi) is 10.4. The molecule has 1 heterocycles. The van der Waals surface area contributed by atoms with Crippen LogP contribution >= 0.6 is 11.8 Å². The third kappa shape index (κ3) is 6.86. The van der Waals surface area contributed by atoms with E-state index in [-0.39, 0.29) is 17.7 Å². The molecule has 8 heteroatoms. The van der Waals surface area contributed by atoms with Gasteiger partial charge in [-0.3, -0.25) is 14.6 Å². The Morgan fingerprint density at radius 1 is 0.932 bits per heavy atom. The van der Waals surface area contributed by atoms with Crippen molar-refractivity contribution in [3.05, 3.63) is 101 Å². The molecular formula is C36H39NO6S. The second-order valence-electron chi connectivity index (χ2n) is 10.9. The standard InChI is InChI=1S/C36H39NO6S/c1-5-44-18-17-42-36(39)33-23(2)37-28-19-26(25-15-16-31(40-3)32(21-25)41-4)20-29(38)35(28)34(33)27-13-9-10-14-30(27)43-22-24-11-7-6-8-12-24/h6-16,21,26,33-34H,5,17-20,22H2,1-4H3/t26-,33?,34+/m0/s1. The summed E-state index contributed by atoms with van der Waals surface area (Å²) in [6, 6.07) is 23.4. The number of aliphatic imine (C=N–C) groups is 1. The second kappa shape index (κ2) is 14.6. The number of hydrogen-bond acceptors (Lipinski definition) is 8. The monoisotopic (exact) mass is 613 g/mol. The van der Waals surface area contributed by atoms with E-state index in [1.165, 1.54) is 0 Å². The number of Topliss-reactive ketones (excluding diaryl/α,β-unsaturated/α-hetero) is 1. The maximum Gasteiger partial charge on any atom is 0.315 e. The molecule has 3 aromatic carbocycles. The zero-order chi connectivity index (χ0) is 31.1. The first-order valence-electron chi connectivity index (χ1n) is 15.0. The zero-order valence-corrected chi connectivity index (χ0v) is 26.5. The van der Waals surface area contributed by atoms with Crippen LogP contribution in [0.5, 0.6) is 17.2 Å². The number of ketones is 1. The molecule has 1 aliphatic carbocycles. The number of rotatable bonds is 12. The van der Waals surface area contributed by atoms with Crippen LogP contribution in [0.15, 0.2) is 89.1 Å². The van der Waals surface area contributed by atoms with Crippen LogP contribution in [-0.2, 0) is 20.9 Å². The van der Waals surface area contributed by atoms with Gasteiger partial charge in [-0.1, -0.05) is 61.5 Å². The van der Waals surface area contributed by atoms with Gasteiger partial charge in [0.25, 0.3) is 0 Å². The van der Waals surface area contributed by atoms with Gasteiger partial charge in [-0.15, -0.1) is 0 Å². The molecule has 7 nitrogen and oxygen atoms in total. The van der Waals surface area contributed by atoms with Gasteiger partial charge in [-0.25, -0.2) is 0 Å². The van der Waals surface area contributed by atoms with Crippen LogP contribution in [-0.4, -0.2) is 49.8 Å². The predicted molar refractivity (Wildman–Crippen MR) is 174 cm³/mol. The van der Waals surface area contributed by atoms with E-state index in [9.17, 15) is 9.59 Å². The Balaban J connectivity index is 1.53. The molecule has 0 N–H and O–H groups in total. The summed E-state index contributed by atoms with van der Waals surface area (Å²) < 4.78 is 23.1. The molecule has 1 unspecified atom stereocenters. The van der Waals surface area contributed by atoms with Gasteiger partial charge in [-0.2, -0.15) is 11.8 Å². The van der Waals surface area contributed by atoms with E-state index < -0.39 is 11.8 Å². The summed E-state index contributed by atoms with van der Waals surface area (Å²) in [5, 5.41) is 0. The number of methoxy groups -OCH3 is 2. The van der Waals surface area contributed by atoms with Crippen molar-refractivity contribution in [1.82, 2.24) is 0 Å². The number of allylic oxidation sites excluding steroid dienone is 2. The van der Waals surface area contributed by atoms with Crippen LogP contribution in [0, 0.1) is 5.92 Å². The fourth-order valence-corrected chi connectivity index (χ4v) is 6.57. The molecule has 3 atom stereocenters. The van der Waals surface area contributed by atoms with Crippen molar-refractivity contribution in [2.45, 2.75) is 45.1 Å². The minimum absolute atomic E-state index is 0.0236. The molecule has 2 aliphatic rings. The van der Waals surface area contributed by atoms with Crippen LogP contribution in [0.25, 0.3) is 0 Å². The van der Waals surface area contributed by atoms with E-state index in [4.69, 9.17) is 23.9 Å². The molecular weight excluding hydrogens is 574 g/mol. The van der Waals surface area contributed by atoms with Crippen molar-refractivity contribution >= 4 is 29.2 Å². The summed E-state index contributed by atoms with van der Waals surface area (Å²) in [6.07, 6.45) is 0.855. The smallest absolute Gasteiger partial charge is 0.315 e. The number of nitrogens with zero attached hydrogens (tertiary/aromatic N) is 1. The van der Waals surface area contributed by atoms with Crippen molar-refractivity contribution in [3.63, 3.8) is 0 Å². The van der Waals surface area contributed by atoms with E-state index >= 15 is 0 Å². The summed E-state index contributed by atoms with van der Waals surface area (Å²) in [6.45, 7) is 4.61. The van der Waals surface area contributed by atoms with Crippen LogP contribution in [0.2, 0.25) is 0 Å². The first-order valence-corrected chi connectivity index (χ1v) is 16.1. The molecule has 0 saturated carbocycles. The highest BCUT2D eigenvalue weighted by molar-refractivity contribution is 7.99. The summed E-state index contributed by atoms with van der Waals surface area (Å²) in [5.41, 5.74) is 4.72. The predicted octanol–water partition coefficient (Wildman–Crippen LogP) is 7.15. The summed E-state index contributed by atoms with van der Waals surface area (Å²) in [7, 11) is 3.20. The van der Waals surface area contributed by atoms with Crippen LogP contribution < -0.4 is 14.2 Å². The molecule has 1 aliphatic heterocycles. The maximum atomic E-state index is 14.2. The van der Waals surface area contributed by atoms with Gasteiger partial charge in [0, 0.05) is 40.6 Å². The largest absolute Gasteiger partial charge is 0.493 e. The Hall–Kier alpha value is -4.04. The zero-order valence-electron chi connectivity index (χ0n) is 25.7. The lowest BCUT2D eigenvalue weighted by molar-refractivity contribution is -0.145. The van der Waals surface area contributed by atoms with Gasteiger partial charge in [-0.05, 0) is 54.3 Å². The Labute approximate surface area is 263 Å². The molecule has 0 amide bonds. The Morgan fingerprint density at radius 3 is 2.43 bits per heavy atom. The van der Waals surface area contributed by atoms with Crippen molar-refractivity contribution in [2.75, 3.05) is 32.3 Å². The SMILES string of the molecule is CCSCCOC(=O)C1C(C)=NC2=C(C(=O)C[C@@H](c3ccc(OC)c(OC)c3)C2)[C@@H]1c1ccccc1OCc1ccccc1. The Bertz CT molecular complexity index is 1550.